The molecule has 5 atom stereocenters. The maximum absolute atomic E-state index is 12.8. The van der Waals surface area contributed by atoms with Gasteiger partial charge in [-0.05, 0) is 48.6 Å². The Bertz CT molecular complexity index is 748. The zero-order chi connectivity index (χ0) is 17.2. The van der Waals surface area contributed by atoms with Crippen LogP contribution < -0.4 is 5.32 Å². The second-order valence-electron chi connectivity index (χ2n) is 8.33. The van der Waals surface area contributed by atoms with Gasteiger partial charge in [0.05, 0.1) is 5.41 Å². The van der Waals surface area contributed by atoms with Gasteiger partial charge in [-0.25, -0.2) is 4.79 Å². The van der Waals surface area contributed by atoms with Crippen LogP contribution in [0.3, 0.4) is 0 Å². The number of carboxylic acid groups (broad SMARTS) is 1. The number of benzene rings is 1. The molecule has 0 aromatic heterocycles. The van der Waals surface area contributed by atoms with Crippen molar-refractivity contribution in [3.8, 4) is 0 Å². The van der Waals surface area contributed by atoms with Crippen LogP contribution in [0.4, 0.5) is 4.79 Å². The van der Waals surface area contributed by atoms with Gasteiger partial charge in [0, 0.05) is 25.0 Å². The third kappa shape index (κ3) is 2.14. The first kappa shape index (κ1) is 15.2. The molecule has 4 aliphatic rings. The molecule has 1 saturated heterocycles. The number of urea groups is 1. The van der Waals surface area contributed by atoms with Crippen LogP contribution in [0.1, 0.15) is 42.7 Å². The first-order valence-electron chi connectivity index (χ1n) is 9.47. The van der Waals surface area contributed by atoms with E-state index in [9.17, 15) is 14.7 Å². The molecule has 132 valence electrons. The highest BCUT2D eigenvalue weighted by Gasteiger charge is 2.58. The minimum Gasteiger partial charge on any atom is -0.481 e. The average molecular weight is 340 g/mol. The summed E-state index contributed by atoms with van der Waals surface area (Å²) in [6.45, 7) is 0.967. The summed E-state index contributed by atoms with van der Waals surface area (Å²) in [7, 11) is 0. The number of aliphatic carboxylic acids is 1. The number of aryl methyl sites for hydroxylation is 1. The molecule has 3 unspecified atom stereocenters. The SMILES string of the molecule is O=C(NC1C2CCc3ccccc3C21)N1C[C@@H]2CCC[C@@]2(C(=O)O)C1. The van der Waals surface area contributed by atoms with Crippen LogP contribution in [0.15, 0.2) is 24.3 Å². The molecule has 2 amide bonds. The Balaban J connectivity index is 1.28. The number of rotatable bonds is 2. The summed E-state index contributed by atoms with van der Waals surface area (Å²) < 4.78 is 0. The highest BCUT2D eigenvalue weighted by Crippen LogP contribution is 2.55. The summed E-state index contributed by atoms with van der Waals surface area (Å²) in [5.41, 5.74) is 2.12. The Morgan fingerprint density at radius 2 is 2.08 bits per heavy atom. The van der Waals surface area contributed by atoms with Crippen molar-refractivity contribution < 1.29 is 14.7 Å². The van der Waals surface area contributed by atoms with Crippen LogP contribution in [-0.4, -0.2) is 41.1 Å². The molecule has 25 heavy (non-hydrogen) atoms. The summed E-state index contributed by atoms with van der Waals surface area (Å²) >= 11 is 0. The number of carbonyl (C=O) groups is 2. The molecule has 0 radical (unpaired) electrons. The molecular formula is C20H24N2O3. The van der Waals surface area contributed by atoms with E-state index in [1.165, 1.54) is 11.1 Å². The van der Waals surface area contributed by atoms with Gasteiger partial charge >= 0.3 is 12.0 Å². The van der Waals surface area contributed by atoms with Crippen LogP contribution in [0.25, 0.3) is 0 Å². The minimum absolute atomic E-state index is 0.0630. The van der Waals surface area contributed by atoms with E-state index in [1.54, 1.807) is 4.90 Å². The number of fused-ring (bicyclic) bond motifs is 4. The molecule has 5 rings (SSSR count). The van der Waals surface area contributed by atoms with Crippen molar-refractivity contribution in [1.29, 1.82) is 0 Å². The standard InChI is InChI=1S/C20H24N2O3/c23-18(24)20-9-3-5-13(20)10-22(11-20)19(25)21-17-15-8-7-12-4-1-2-6-14(12)16(15)17/h1-2,4,6,13,15-17H,3,5,7-11H2,(H,21,25)(H,23,24)/t13-,15?,16?,17?,20+/m0/s1. The molecule has 1 aromatic carbocycles. The van der Waals surface area contributed by atoms with Crippen molar-refractivity contribution in [3.05, 3.63) is 35.4 Å². The maximum atomic E-state index is 12.8. The molecule has 1 aliphatic heterocycles. The first-order chi connectivity index (χ1) is 12.1. The number of carboxylic acids is 1. The predicted octanol–water partition coefficient (Wildman–Crippen LogP) is 2.61. The normalized spacial score (nSPS) is 37.8. The molecule has 1 aromatic rings. The van der Waals surface area contributed by atoms with Gasteiger partial charge in [0.2, 0.25) is 0 Å². The van der Waals surface area contributed by atoms with Gasteiger partial charge in [-0.1, -0.05) is 30.7 Å². The van der Waals surface area contributed by atoms with E-state index in [0.717, 1.165) is 25.7 Å². The van der Waals surface area contributed by atoms with Gasteiger partial charge in [-0.15, -0.1) is 0 Å². The van der Waals surface area contributed by atoms with Crippen molar-refractivity contribution >= 4 is 12.0 Å². The lowest BCUT2D eigenvalue weighted by Crippen LogP contribution is -2.43. The van der Waals surface area contributed by atoms with Crippen molar-refractivity contribution in [2.75, 3.05) is 13.1 Å². The Labute approximate surface area is 147 Å². The Kier molecular flexibility index (Phi) is 3.19. The number of likely N-dealkylation sites (tertiary alicyclic amines) is 1. The molecule has 0 bridgehead atoms. The second kappa shape index (κ2) is 5.23. The summed E-state index contributed by atoms with van der Waals surface area (Å²) in [6, 6.07) is 8.71. The third-order valence-electron chi connectivity index (χ3n) is 7.20. The summed E-state index contributed by atoms with van der Waals surface area (Å²) in [5, 5.41) is 12.9. The van der Waals surface area contributed by atoms with Gasteiger partial charge < -0.3 is 15.3 Å². The maximum Gasteiger partial charge on any atom is 0.317 e. The van der Waals surface area contributed by atoms with E-state index in [4.69, 9.17) is 0 Å². The number of hydrogen-bond donors (Lipinski definition) is 2. The van der Waals surface area contributed by atoms with Gasteiger partial charge in [0.25, 0.3) is 0 Å². The third-order valence-corrected chi connectivity index (χ3v) is 7.20. The largest absolute Gasteiger partial charge is 0.481 e. The van der Waals surface area contributed by atoms with Crippen molar-refractivity contribution in [2.24, 2.45) is 17.3 Å². The van der Waals surface area contributed by atoms with E-state index in [-0.39, 0.29) is 18.0 Å². The van der Waals surface area contributed by atoms with Gasteiger partial charge in [0.1, 0.15) is 0 Å². The van der Waals surface area contributed by atoms with Gasteiger partial charge in [-0.2, -0.15) is 0 Å². The Morgan fingerprint density at radius 3 is 2.88 bits per heavy atom. The lowest BCUT2D eigenvalue weighted by Gasteiger charge is -2.23. The van der Waals surface area contributed by atoms with E-state index >= 15 is 0 Å². The van der Waals surface area contributed by atoms with E-state index in [1.807, 2.05) is 0 Å². The van der Waals surface area contributed by atoms with Crippen LogP contribution >= 0.6 is 0 Å². The highest BCUT2D eigenvalue weighted by molar-refractivity contribution is 5.81. The molecule has 0 spiro atoms. The number of carbonyl (C=O) groups excluding carboxylic acids is 1. The zero-order valence-corrected chi connectivity index (χ0v) is 14.3. The molecule has 2 N–H and O–H groups in total. The summed E-state index contributed by atoms with van der Waals surface area (Å²) in [5.74, 6) is 0.399. The second-order valence-corrected chi connectivity index (χ2v) is 8.33. The van der Waals surface area contributed by atoms with E-state index in [0.29, 0.717) is 31.3 Å². The summed E-state index contributed by atoms with van der Waals surface area (Å²) in [6.07, 6.45) is 4.83. The fraction of sp³-hybridized carbons (Fsp3) is 0.600. The van der Waals surface area contributed by atoms with Crippen molar-refractivity contribution in [1.82, 2.24) is 10.2 Å². The van der Waals surface area contributed by atoms with E-state index < -0.39 is 11.4 Å². The number of hydrogen-bond acceptors (Lipinski definition) is 2. The Morgan fingerprint density at radius 1 is 1.24 bits per heavy atom. The number of nitrogens with zero attached hydrogens (tertiary/aromatic N) is 1. The molecule has 5 heteroatoms. The van der Waals surface area contributed by atoms with Crippen LogP contribution in [-0.2, 0) is 11.2 Å². The predicted molar refractivity (Wildman–Crippen MR) is 92.3 cm³/mol. The topological polar surface area (TPSA) is 69.6 Å². The monoisotopic (exact) mass is 340 g/mol. The lowest BCUT2D eigenvalue weighted by atomic mass is 9.81. The molecule has 5 nitrogen and oxygen atoms in total. The van der Waals surface area contributed by atoms with Crippen LogP contribution in [0.2, 0.25) is 0 Å². The minimum atomic E-state index is -0.723. The quantitative estimate of drug-likeness (QED) is 0.869. The molecular weight excluding hydrogens is 316 g/mol. The Hall–Kier alpha value is -2.04. The van der Waals surface area contributed by atoms with E-state index in [2.05, 4.69) is 29.6 Å². The van der Waals surface area contributed by atoms with Crippen molar-refractivity contribution in [2.45, 2.75) is 44.1 Å². The average Bonchev–Trinajstić information content (AvgIpc) is 2.96. The zero-order valence-electron chi connectivity index (χ0n) is 14.3. The van der Waals surface area contributed by atoms with Gasteiger partial charge in [0.15, 0.2) is 0 Å². The van der Waals surface area contributed by atoms with Gasteiger partial charge in [-0.3, -0.25) is 4.79 Å². The first-order valence-corrected chi connectivity index (χ1v) is 9.47. The molecule has 2 saturated carbocycles. The smallest absolute Gasteiger partial charge is 0.317 e. The fourth-order valence-corrected chi connectivity index (χ4v) is 5.79. The lowest BCUT2D eigenvalue weighted by molar-refractivity contribution is -0.149. The number of nitrogens with one attached hydrogen (secondary N) is 1. The molecule has 3 aliphatic carbocycles. The molecule has 1 heterocycles. The van der Waals surface area contributed by atoms with Crippen LogP contribution in [0.5, 0.6) is 0 Å². The number of amides is 2. The highest BCUT2D eigenvalue weighted by atomic mass is 16.4. The van der Waals surface area contributed by atoms with Crippen molar-refractivity contribution in [3.63, 3.8) is 0 Å². The molecule has 3 fully saturated rings. The fourth-order valence-electron chi connectivity index (χ4n) is 5.79. The summed E-state index contributed by atoms with van der Waals surface area (Å²) in [4.78, 5) is 26.3. The van der Waals surface area contributed by atoms with Crippen LogP contribution in [0, 0.1) is 17.3 Å².